The molecule has 0 unspecified atom stereocenters. The zero-order valence-electron chi connectivity index (χ0n) is 12.3. The summed E-state index contributed by atoms with van der Waals surface area (Å²) in [6, 6.07) is 14.9. The minimum absolute atomic E-state index is 0.0602. The molecule has 0 amide bonds. The predicted molar refractivity (Wildman–Crippen MR) is 88.4 cm³/mol. The Labute approximate surface area is 141 Å². The van der Waals surface area contributed by atoms with Crippen LogP contribution in [0.1, 0.15) is 16.2 Å². The van der Waals surface area contributed by atoms with Crippen molar-refractivity contribution in [3.8, 4) is 17.1 Å². The molecule has 23 heavy (non-hydrogen) atoms. The molecule has 0 N–H and O–H groups in total. The molecule has 1 heterocycles. The Morgan fingerprint density at radius 3 is 2.52 bits per heavy atom. The van der Waals surface area contributed by atoms with Gasteiger partial charge < -0.3 is 9.26 Å². The van der Waals surface area contributed by atoms with Gasteiger partial charge in [-0.3, -0.25) is 4.79 Å². The molecule has 0 aliphatic carbocycles. The first-order chi connectivity index (χ1) is 11.1. The van der Waals surface area contributed by atoms with Gasteiger partial charge in [-0.25, -0.2) is 0 Å². The van der Waals surface area contributed by atoms with Crippen LogP contribution in [-0.2, 0) is 0 Å². The summed E-state index contributed by atoms with van der Waals surface area (Å²) in [5.41, 5.74) is 1.90. The largest absolute Gasteiger partial charge is 0.485 e. The molecular weight excluding hydrogens is 360 g/mol. The van der Waals surface area contributed by atoms with Crippen molar-refractivity contribution in [2.45, 2.75) is 6.92 Å². The standard InChI is InChI=1S/C17H13BrN2O3/c1-11-2-8-14(9-3-11)22-10-15(21)17-19-16(20-23-17)12-4-6-13(18)7-5-12/h2-9H,10H2,1H3. The van der Waals surface area contributed by atoms with E-state index in [2.05, 4.69) is 26.1 Å². The van der Waals surface area contributed by atoms with E-state index in [4.69, 9.17) is 9.26 Å². The highest BCUT2D eigenvalue weighted by molar-refractivity contribution is 9.10. The topological polar surface area (TPSA) is 65.2 Å². The lowest BCUT2D eigenvalue weighted by atomic mass is 10.2. The summed E-state index contributed by atoms with van der Waals surface area (Å²) in [5.74, 6) is 0.573. The molecule has 0 saturated carbocycles. The molecule has 0 radical (unpaired) electrons. The van der Waals surface area contributed by atoms with Crippen LogP contribution in [0, 0.1) is 6.92 Å². The van der Waals surface area contributed by atoms with Crippen molar-refractivity contribution in [2.75, 3.05) is 6.61 Å². The lowest BCUT2D eigenvalue weighted by Gasteiger charge is -2.03. The summed E-state index contributed by atoms with van der Waals surface area (Å²) >= 11 is 3.36. The van der Waals surface area contributed by atoms with E-state index in [-0.39, 0.29) is 18.3 Å². The summed E-state index contributed by atoms with van der Waals surface area (Å²) in [5, 5.41) is 3.83. The van der Waals surface area contributed by atoms with Gasteiger partial charge in [0.05, 0.1) is 0 Å². The second kappa shape index (κ2) is 6.75. The normalized spacial score (nSPS) is 10.5. The van der Waals surface area contributed by atoms with Crippen molar-refractivity contribution >= 4 is 21.7 Å². The van der Waals surface area contributed by atoms with Gasteiger partial charge in [-0.05, 0) is 43.3 Å². The van der Waals surface area contributed by atoms with Gasteiger partial charge in [0, 0.05) is 10.0 Å². The lowest BCUT2D eigenvalue weighted by Crippen LogP contribution is -2.11. The van der Waals surface area contributed by atoms with Crippen LogP contribution < -0.4 is 4.74 Å². The maximum absolute atomic E-state index is 12.1. The second-order valence-electron chi connectivity index (χ2n) is 4.95. The van der Waals surface area contributed by atoms with Gasteiger partial charge in [-0.1, -0.05) is 38.8 Å². The van der Waals surface area contributed by atoms with Crippen LogP contribution >= 0.6 is 15.9 Å². The molecule has 3 aromatic rings. The first-order valence-corrected chi connectivity index (χ1v) is 7.73. The third kappa shape index (κ3) is 3.84. The van der Waals surface area contributed by atoms with E-state index in [0.29, 0.717) is 11.6 Å². The summed E-state index contributed by atoms with van der Waals surface area (Å²) in [7, 11) is 0. The number of carbonyl (C=O) groups is 1. The molecular formula is C17H13BrN2O3. The van der Waals surface area contributed by atoms with Gasteiger partial charge in [0.2, 0.25) is 5.82 Å². The predicted octanol–water partition coefficient (Wildman–Crippen LogP) is 4.07. The van der Waals surface area contributed by atoms with Crippen molar-refractivity contribution in [3.05, 3.63) is 64.5 Å². The van der Waals surface area contributed by atoms with E-state index in [9.17, 15) is 4.79 Å². The minimum atomic E-state index is -0.360. The Balaban J connectivity index is 1.66. The smallest absolute Gasteiger partial charge is 0.298 e. The van der Waals surface area contributed by atoms with Crippen molar-refractivity contribution < 1.29 is 14.1 Å². The molecule has 6 heteroatoms. The zero-order chi connectivity index (χ0) is 16.2. The van der Waals surface area contributed by atoms with Crippen LogP contribution in [0.5, 0.6) is 5.75 Å². The fraction of sp³-hybridized carbons (Fsp3) is 0.118. The van der Waals surface area contributed by atoms with E-state index in [1.54, 1.807) is 0 Å². The Morgan fingerprint density at radius 2 is 1.83 bits per heavy atom. The Hall–Kier alpha value is -2.47. The number of aryl methyl sites for hydroxylation is 1. The highest BCUT2D eigenvalue weighted by Gasteiger charge is 2.16. The second-order valence-corrected chi connectivity index (χ2v) is 5.87. The van der Waals surface area contributed by atoms with Crippen LogP contribution in [0.25, 0.3) is 11.4 Å². The van der Waals surface area contributed by atoms with Gasteiger partial charge in [0.25, 0.3) is 11.7 Å². The third-order valence-electron chi connectivity index (χ3n) is 3.16. The maximum Gasteiger partial charge on any atom is 0.298 e. The van der Waals surface area contributed by atoms with E-state index in [1.807, 2.05) is 55.5 Å². The van der Waals surface area contributed by atoms with Crippen molar-refractivity contribution in [1.29, 1.82) is 0 Å². The summed E-state index contributed by atoms with van der Waals surface area (Å²) in [4.78, 5) is 16.2. The molecule has 0 aliphatic heterocycles. The van der Waals surface area contributed by atoms with Gasteiger partial charge >= 0.3 is 0 Å². The molecule has 3 rings (SSSR count). The lowest BCUT2D eigenvalue weighted by molar-refractivity contribution is 0.0877. The third-order valence-corrected chi connectivity index (χ3v) is 3.69. The molecule has 1 aromatic heterocycles. The monoisotopic (exact) mass is 372 g/mol. The van der Waals surface area contributed by atoms with E-state index in [1.165, 1.54) is 0 Å². The minimum Gasteiger partial charge on any atom is -0.485 e. The Bertz CT molecular complexity index is 811. The van der Waals surface area contributed by atoms with Gasteiger partial charge in [0.15, 0.2) is 6.61 Å². The number of hydrogen-bond acceptors (Lipinski definition) is 5. The number of rotatable bonds is 5. The molecule has 0 saturated heterocycles. The van der Waals surface area contributed by atoms with Gasteiger partial charge in [-0.15, -0.1) is 0 Å². The fourth-order valence-corrected chi connectivity index (χ4v) is 2.16. The number of aromatic nitrogens is 2. The van der Waals surface area contributed by atoms with Crippen LogP contribution in [0.4, 0.5) is 0 Å². The molecule has 0 aliphatic rings. The number of benzene rings is 2. The highest BCUT2D eigenvalue weighted by Crippen LogP contribution is 2.19. The molecule has 116 valence electrons. The molecule has 5 nitrogen and oxygen atoms in total. The Morgan fingerprint density at radius 1 is 1.13 bits per heavy atom. The first kappa shape index (κ1) is 15.4. The van der Waals surface area contributed by atoms with Crippen LogP contribution in [0.2, 0.25) is 0 Å². The molecule has 2 aromatic carbocycles. The van der Waals surface area contributed by atoms with Crippen LogP contribution in [0.3, 0.4) is 0 Å². The maximum atomic E-state index is 12.1. The highest BCUT2D eigenvalue weighted by atomic mass is 79.9. The number of nitrogens with zero attached hydrogens (tertiary/aromatic N) is 2. The average molecular weight is 373 g/mol. The number of ketones is 1. The zero-order valence-corrected chi connectivity index (χ0v) is 13.9. The molecule has 0 atom stereocenters. The van der Waals surface area contributed by atoms with Gasteiger partial charge in [0.1, 0.15) is 5.75 Å². The van der Waals surface area contributed by atoms with E-state index in [0.717, 1.165) is 15.6 Å². The van der Waals surface area contributed by atoms with Crippen molar-refractivity contribution in [3.63, 3.8) is 0 Å². The number of halogens is 1. The summed E-state index contributed by atoms with van der Waals surface area (Å²) in [6.07, 6.45) is 0. The molecule has 0 bridgehead atoms. The van der Waals surface area contributed by atoms with Crippen LogP contribution in [-0.4, -0.2) is 22.5 Å². The van der Waals surface area contributed by atoms with Crippen molar-refractivity contribution in [1.82, 2.24) is 10.1 Å². The Kier molecular flexibility index (Phi) is 4.52. The van der Waals surface area contributed by atoms with E-state index >= 15 is 0 Å². The van der Waals surface area contributed by atoms with E-state index < -0.39 is 0 Å². The summed E-state index contributed by atoms with van der Waals surface area (Å²) < 4.78 is 11.4. The summed E-state index contributed by atoms with van der Waals surface area (Å²) in [6.45, 7) is 1.84. The number of Topliss-reactive ketones (excluding diaryl/α,β-unsaturated/α-hetero) is 1. The quantitative estimate of drug-likeness (QED) is 0.631. The van der Waals surface area contributed by atoms with Crippen molar-refractivity contribution in [2.24, 2.45) is 0 Å². The number of hydrogen-bond donors (Lipinski definition) is 0. The molecule has 0 spiro atoms. The van der Waals surface area contributed by atoms with Crippen LogP contribution in [0.15, 0.2) is 57.5 Å². The number of ether oxygens (including phenoxy) is 1. The first-order valence-electron chi connectivity index (χ1n) is 6.94. The van der Waals surface area contributed by atoms with Gasteiger partial charge in [-0.2, -0.15) is 4.98 Å². The fourth-order valence-electron chi connectivity index (χ4n) is 1.90. The number of carbonyl (C=O) groups excluding carboxylic acids is 1. The SMILES string of the molecule is Cc1ccc(OCC(=O)c2nc(-c3ccc(Br)cc3)no2)cc1. The average Bonchev–Trinajstić information content (AvgIpc) is 3.05. The molecule has 0 fully saturated rings.